The lowest BCUT2D eigenvalue weighted by atomic mass is 10.2. The lowest BCUT2D eigenvalue weighted by molar-refractivity contribution is 0.0163. The van der Waals surface area contributed by atoms with Gasteiger partial charge in [-0.15, -0.1) is 0 Å². The van der Waals surface area contributed by atoms with Gasteiger partial charge in [0.05, 0.1) is 25.9 Å². The van der Waals surface area contributed by atoms with Gasteiger partial charge in [0.1, 0.15) is 6.35 Å². The fourth-order valence-electron chi connectivity index (χ4n) is 1.96. The predicted molar refractivity (Wildman–Crippen MR) is 89.2 cm³/mol. The van der Waals surface area contributed by atoms with E-state index in [1.165, 1.54) is 6.20 Å². The molecule has 2 atom stereocenters. The third kappa shape index (κ3) is 6.41. The zero-order valence-electron chi connectivity index (χ0n) is 13.3. The molecule has 2 rings (SSSR count). The van der Waals surface area contributed by atoms with Crippen LogP contribution in [0, 0.1) is 0 Å². The van der Waals surface area contributed by atoms with Gasteiger partial charge in [0.25, 0.3) is 5.56 Å². The van der Waals surface area contributed by atoms with Crippen molar-refractivity contribution in [2.75, 3.05) is 13.0 Å². The molecule has 1 heterocycles. The van der Waals surface area contributed by atoms with E-state index in [1.807, 2.05) is 6.07 Å². The van der Waals surface area contributed by atoms with Crippen LogP contribution in [-0.2, 0) is 27.0 Å². The van der Waals surface area contributed by atoms with E-state index in [-0.39, 0.29) is 13.2 Å². The maximum Gasteiger partial charge on any atom is 0.353 e. The largest absolute Gasteiger partial charge is 0.394 e. The molecule has 25 heavy (non-hydrogen) atoms. The van der Waals surface area contributed by atoms with Gasteiger partial charge in [0.2, 0.25) is 0 Å². The van der Waals surface area contributed by atoms with Gasteiger partial charge in [0, 0.05) is 12.3 Å². The average molecular weight is 370 g/mol. The molecule has 9 nitrogen and oxygen atoms in total. The standard InChI is InChI=1S/C15H19N2O7P/c18-9-13(8-17-7-6-14(19)16-15(17)20)23-11-25(21,22)24-10-12-4-2-1-3-5-12/h1-7,13,18H,8-11H2,(H,21,22)(H,16,19,20)/t13-/m0/s1. The van der Waals surface area contributed by atoms with Crippen LogP contribution in [0.2, 0.25) is 0 Å². The van der Waals surface area contributed by atoms with Crippen molar-refractivity contribution in [2.24, 2.45) is 0 Å². The topological polar surface area (TPSA) is 131 Å². The Kier molecular flexibility index (Phi) is 6.86. The van der Waals surface area contributed by atoms with Gasteiger partial charge in [-0.3, -0.25) is 18.9 Å². The van der Waals surface area contributed by atoms with Gasteiger partial charge in [-0.05, 0) is 5.56 Å². The van der Waals surface area contributed by atoms with E-state index in [1.54, 1.807) is 24.3 Å². The molecule has 136 valence electrons. The SMILES string of the molecule is O=c1ccn(C[C@@H](CO)OCP(=O)(O)OCc2ccccc2)c(=O)[nH]1. The van der Waals surface area contributed by atoms with Crippen molar-refractivity contribution in [3.05, 3.63) is 69.0 Å². The van der Waals surface area contributed by atoms with Gasteiger partial charge in [-0.1, -0.05) is 30.3 Å². The maximum absolute atomic E-state index is 12.0. The van der Waals surface area contributed by atoms with E-state index < -0.39 is 37.9 Å². The molecule has 0 fully saturated rings. The maximum atomic E-state index is 12.0. The lowest BCUT2D eigenvalue weighted by Gasteiger charge is -2.19. The Morgan fingerprint density at radius 2 is 1.92 bits per heavy atom. The van der Waals surface area contributed by atoms with Crippen LogP contribution < -0.4 is 11.2 Å². The summed E-state index contributed by atoms with van der Waals surface area (Å²) >= 11 is 0. The van der Waals surface area contributed by atoms with Crippen LogP contribution >= 0.6 is 7.60 Å². The summed E-state index contributed by atoms with van der Waals surface area (Å²) in [6.07, 6.45) is -0.301. The van der Waals surface area contributed by atoms with Crippen molar-refractivity contribution >= 4 is 7.60 Å². The minimum atomic E-state index is -4.03. The highest BCUT2D eigenvalue weighted by molar-refractivity contribution is 7.52. The summed E-state index contributed by atoms with van der Waals surface area (Å²) < 4.78 is 23.3. The van der Waals surface area contributed by atoms with Crippen molar-refractivity contribution in [3.63, 3.8) is 0 Å². The van der Waals surface area contributed by atoms with Crippen molar-refractivity contribution in [1.82, 2.24) is 9.55 Å². The number of aromatic nitrogens is 2. The van der Waals surface area contributed by atoms with Gasteiger partial charge in [0.15, 0.2) is 0 Å². The first-order chi connectivity index (χ1) is 11.9. The fourth-order valence-corrected chi connectivity index (χ4v) is 2.78. The molecule has 1 unspecified atom stereocenters. The number of aliphatic hydroxyl groups is 1. The van der Waals surface area contributed by atoms with Crippen molar-refractivity contribution in [2.45, 2.75) is 19.3 Å². The van der Waals surface area contributed by atoms with E-state index in [9.17, 15) is 24.2 Å². The first kappa shape index (κ1) is 19.3. The molecule has 0 saturated carbocycles. The molecule has 0 bridgehead atoms. The quantitative estimate of drug-likeness (QED) is 0.540. The molecule has 1 aromatic carbocycles. The molecule has 2 aromatic rings. The van der Waals surface area contributed by atoms with E-state index in [2.05, 4.69) is 4.98 Å². The molecule has 0 spiro atoms. The molecular weight excluding hydrogens is 351 g/mol. The Morgan fingerprint density at radius 1 is 1.20 bits per heavy atom. The van der Waals surface area contributed by atoms with E-state index in [4.69, 9.17) is 9.26 Å². The number of nitrogens with zero attached hydrogens (tertiary/aromatic N) is 1. The molecule has 3 N–H and O–H groups in total. The van der Waals surface area contributed by atoms with Gasteiger partial charge in [-0.2, -0.15) is 0 Å². The highest BCUT2D eigenvalue weighted by Gasteiger charge is 2.23. The lowest BCUT2D eigenvalue weighted by Crippen LogP contribution is -2.34. The number of benzene rings is 1. The highest BCUT2D eigenvalue weighted by Crippen LogP contribution is 2.42. The highest BCUT2D eigenvalue weighted by atomic mass is 31.2. The van der Waals surface area contributed by atoms with E-state index in [0.29, 0.717) is 0 Å². The van der Waals surface area contributed by atoms with Crippen LogP contribution in [0.3, 0.4) is 0 Å². The Bertz CT molecular complexity index is 834. The number of hydrogen-bond donors (Lipinski definition) is 3. The second-order valence-corrected chi connectivity index (χ2v) is 7.05. The molecule has 10 heteroatoms. The first-order valence-electron chi connectivity index (χ1n) is 7.42. The normalized spacial score (nSPS) is 14.8. The molecule has 0 amide bonds. The Morgan fingerprint density at radius 3 is 2.56 bits per heavy atom. The second kappa shape index (κ2) is 8.89. The van der Waals surface area contributed by atoms with Gasteiger partial charge >= 0.3 is 13.3 Å². The third-order valence-corrected chi connectivity index (χ3v) is 4.26. The van der Waals surface area contributed by atoms with Crippen LogP contribution in [0.15, 0.2) is 52.2 Å². The minimum absolute atomic E-state index is 0.0544. The summed E-state index contributed by atoms with van der Waals surface area (Å²) in [4.78, 5) is 34.5. The molecule has 0 saturated heterocycles. The molecular formula is C15H19N2O7P. The fraction of sp³-hybridized carbons (Fsp3) is 0.333. The van der Waals surface area contributed by atoms with Crippen molar-refractivity contribution in [1.29, 1.82) is 0 Å². The van der Waals surface area contributed by atoms with E-state index in [0.717, 1.165) is 16.2 Å². The van der Waals surface area contributed by atoms with E-state index >= 15 is 0 Å². The molecule has 0 aliphatic rings. The van der Waals surface area contributed by atoms with Crippen LogP contribution in [0.25, 0.3) is 0 Å². The number of nitrogens with one attached hydrogen (secondary N) is 1. The number of aliphatic hydroxyl groups excluding tert-OH is 1. The molecule has 0 aliphatic carbocycles. The van der Waals surface area contributed by atoms with Gasteiger partial charge in [-0.25, -0.2) is 4.79 Å². The average Bonchev–Trinajstić information content (AvgIpc) is 2.59. The number of aromatic amines is 1. The zero-order valence-corrected chi connectivity index (χ0v) is 14.2. The van der Waals surface area contributed by atoms with Gasteiger partial charge < -0.3 is 19.3 Å². The number of H-pyrrole nitrogens is 1. The summed E-state index contributed by atoms with van der Waals surface area (Å²) in [7, 11) is -4.03. The molecule has 1 aromatic heterocycles. The first-order valence-corrected chi connectivity index (χ1v) is 9.18. The Hall–Kier alpha value is -2.03. The van der Waals surface area contributed by atoms with Crippen LogP contribution in [0.4, 0.5) is 0 Å². The minimum Gasteiger partial charge on any atom is -0.394 e. The Balaban J connectivity index is 1.89. The summed E-state index contributed by atoms with van der Waals surface area (Å²) in [5.41, 5.74) is -0.478. The molecule has 0 aliphatic heterocycles. The Labute approximate surface area is 143 Å². The number of ether oxygens (including phenoxy) is 1. The number of hydrogen-bond acceptors (Lipinski definition) is 6. The van der Waals surface area contributed by atoms with Crippen LogP contribution in [0.1, 0.15) is 5.56 Å². The van der Waals surface area contributed by atoms with Crippen molar-refractivity contribution in [3.8, 4) is 0 Å². The predicted octanol–water partition coefficient (Wildman–Crippen LogP) is 0.274. The smallest absolute Gasteiger partial charge is 0.353 e. The summed E-state index contributed by atoms with van der Waals surface area (Å²) in [5.74, 6) is 0. The van der Waals surface area contributed by atoms with Crippen molar-refractivity contribution < 1.29 is 23.8 Å². The second-order valence-electron chi connectivity index (χ2n) is 5.26. The van der Waals surface area contributed by atoms with Crippen LogP contribution in [0.5, 0.6) is 0 Å². The third-order valence-electron chi connectivity index (χ3n) is 3.25. The zero-order chi connectivity index (χ0) is 18.3. The summed E-state index contributed by atoms with van der Waals surface area (Å²) in [6.45, 7) is -0.629. The van der Waals surface area contributed by atoms with Crippen LogP contribution in [-0.4, -0.2) is 38.6 Å². The summed E-state index contributed by atoms with van der Waals surface area (Å²) in [5, 5.41) is 9.31. The number of rotatable bonds is 9. The monoisotopic (exact) mass is 370 g/mol. The summed E-state index contributed by atoms with van der Waals surface area (Å²) in [6, 6.07) is 10.0. The molecule has 0 radical (unpaired) electrons.